The van der Waals surface area contributed by atoms with Crippen LogP contribution in [0.15, 0.2) is 18.2 Å². The van der Waals surface area contributed by atoms with Crippen LogP contribution in [0.1, 0.15) is 37.3 Å². The predicted octanol–water partition coefficient (Wildman–Crippen LogP) is 2.47. The number of nitrogens with one attached hydrogen (secondary N) is 1. The molecule has 1 aromatic carbocycles. The molecule has 0 fully saturated rings. The van der Waals surface area contributed by atoms with Crippen LogP contribution in [0, 0.1) is 6.92 Å². The van der Waals surface area contributed by atoms with Gasteiger partial charge >= 0.3 is 0 Å². The fraction of sp³-hybridized carbons (Fsp3) is 0.600. The highest BCUT2D eigenvalue weighted by atomic mass is 16.5. The molecule has 0 aliphatic heterocycles. The summed E-state index contributed by atoms with van der Waals surface area (Å²) in [5.41, 5.74) is 2.63. The molecule has 0 heterocycles. The highest BCUT2D eigenvalue weighted by Crippen LogP contribution is 2.23. The van der Waals surface area contributed by atoms with Gasteiger partial charge in [0.05, 0.1) is 0 Å². The van der Waals surface area contributed by atoms with E-state index in [0.717, 1.165) is 5.75 Å². The number of aryl methyl sites for hydroxylation is 1. The third-order valence-corrected chi connectivity index (χ3v) is 3.20. The average Bonchev–Trinajstić information content (AvgIpc) is 2.34. The summed E-state index contributed by atoms with van der Waals surface area (Å²) in [5, 5.41) is 12.0. The maximum atomic E-state index is 8.91. The van der Waals surface area contributed by atoms with Crippen LogP contribution in [-0.2, 0) is 0 Å². The molecule has 0 saturated heterocycles. The van der Waals surface area contributed by atoms with Gasteiger partial charge in [0.15, 0.2) is 0 Å². The second-order valence-corrected chi connectivity index (χ2v) is 4.98. The smallest absolute Gasteiger partial charge is 0.119 e. The quantitative estimate of drug-likeness (QED) is 0.782. The largest absolute Gasteiger partial charge is 0.492 e. The van der Waals surface area contributed by atoms with Crippen LogP contribution in [0.2, 0.25) is 0 Å². The van der Waals surface area contributed by atoms with Crippen LogP contribution < -0.4 is 10.1 Å². The number of aliphatic hydroxyl groups is 1. The third-order valence-electron chi connectivity index (χ3n) is 3.20. The number of hydrogen-bond donors (Lipinski definition) is 2. The minimum absolute atomic E-state index is 0.181. The van der Waals surface area contributed by atoms with Gasteiger partial charge in [0, 0.05) is 12.6 Å². The van der Waals surface area contributed by atoms with E-state index in [1.54, 1.807) is 0 Å². The molecule has 1 unspecified atom stereocenters. The van der Waals surface area contributed by atoms with Gasteiger partial charge in [-0.15, -0.1) is 0 Å². The van der Waals surface area contributed by atoms with Crippen LogP contribution in [0.25, 0.3) is 0 Å². The van der Waals surface area contributed by atoms with E-state index in [1.165, 1.54) is 11.1 Å². The van der Waals surface area contributed by atoms with E-state index in [4.69, 9.17) is 9.84 Å². The van der Waals surface area contributed by atoms with Gasteiger partial charge in [0.1, 0.15) is 12.4 Å². The molecule has 2 N–H and O–H groups in total. The molecule has 0 aliphatic carbocycles. The Morgan fingerprint density at radius 1 is 1.33 bits per heavy atom. The Morgan fingerprint density at radius 3 is 2.56 bits per heavy atom. The Balaban J connectivity index is 2.60. The summed E-state index contributed by atoms with van der Waals surface area (Å²) < 4.78 is 5.75. The lowest BCUT2D eigenvalue weighted by atomic mass is 9.98. The molecular weight excluding hydrogens is 226 g/mol. The molecule has 1 rings (SSSR count). The van der Waals surface area contributed by atoms with Crippen molar-refractivity contribution in [3.8, 4) is 5.75 Å². The molecule has 1 atom stereocenters. The summed E-state index contributed by atoms with van der Waals surface area (Å²) in [5.74, 6) is 1.44. The lowest BCUT2D eigenvalue weighted by Crippen LogP contribution is -2.32. The van der Waals surface area contributed by atoms with E-state index < -0.39 is 0 Å². The standard InChI is InChI=1S/C15H25NO2/c1-11(2)15-6-5-14(9-12(15)3)18-10-13(16-4)7-8-17/h5-6,9,11,13,16-17H,7-8,10H2,1-4H3. The Hall–Kier alpha value is -1.06. The second-order valence-electron chi connectivity index (χ2n) is 4.98. The molecule has 1 aromatic rings. The normalized spacial score (nSPS) is 12.8. The maximum Gasteiger partial charge on any atom is 0.119 e. The first-order valence-corrected chi connectivity index (χ1v) is 6.60. The minimum Gasteiger partial charge on any atom is -0.492 e. The van der Waals surface area contributed by atoms with Crippen molar-refractivity contribution >= 4 is 0 Å². The summed E-state index contributed by atoms with van der Waals surface area (Å²) in [6, 6.07) is 6.44. The summed E-state index contributed by atoms with van der Waals surface area (Å²) in [6.45, 7) is 7.27. The lowest BCUT2D eigenvalue weighted by Gasteiger charge is -2.17. The molecule has 0 radical (unpaired) electrons. The number of hydrogen-bond acceptors (Lipinski definition) is 3. The Bertz CT molecular complexity index is 364. The number of rotatable bonds is 7. The molecule has 3 nitrogen and oxygen atoms in total. The number of likely N-dealkylation sites (N-methyl/N-ethyl adjacent to an activating group) is 1. The molecule has 0 amide bonds. The van der Waals surface area contributed by atoms with Gasteiger partial charge in [-0.05, 0) is 49.6 Å². The van der Waals surface area contributed by atoms with Gasteiger partial charge in [0.2, 0.25) is 0 Å². The van der Waals surface area contributed by atoms with Gasteiger partial charge in [0.25, 0.3) is 0 Å². The van der Waals surface area contributed by atoms with E-state index in [-0.39, 0.29) is 12.6 Å². The zero-order chi connectivity index (χ0) is 13.5. The Kier molecular flexibility index (Phi) is 6.16. The van der Waals surface area contributed by atoms with Crippen molar-refractivity contribution in [2.24, 2.45) is 0 Å². The molecule has 18 heavy (non-hydrogen) atoms. The van der Waals surface area contributed by atoms with E-state index in [0.29, 0.717) is 18.9 Å². The van der Waals surface area contributed by atoms with Crippen LogP contribution in [0.4, 0.5) is 0 Å². The summed E-state index contributed by atoms with van der Waals surface area (Å²) in [6.07, 6.45) is 0.708. The maximum absolute atomic E-state index is 8.91. The first-order valence-electron chi connectivity index (χ1n) is 6.60. The molecule has 0 spiro atoms. The number of ether oxygens (including phenoxy) is 1. The highest BCUT2D eigenvalue weighted by Gasteiger charge is 2.08. The van der Waals surface area contributed by atoms with Crippen molar-refractivity contribution in [1.82, 2.24) is 5.32 Å². The fourth-order valence-electron chi connectivity index (χ4n) is 2.05. The van der Waals surface area contributed by atoms with Gasteiger partial charge in [-0.1, -0.05) is 19.9 Å². The summed E-state index contributed by atoms with van der Waals surface area (Å²) in [4.78, 5) is 0. The van der Waals surface area contributed by atoms with Crippen LogP contribution in [0.3, 0.4) is 0 Å². The molecule has 102 valence electrons. The molecular formula is C15H25NO2. The zero-order valence-electron chi connectivity index (χ0n) is 11.9. The van der Waals surface area contributed by atoms with Crippen molar-refractivity contribution in [3.05, 3.63) is 29.3 Å². The van der Waals surface area contributed by atoms with Crippen molar-refractivity contribution < 1.29 is 9.84 Å². The van der Waals surface area contributed by atoms with Crippen molar-refractivity contribution in [1.29, 1.82) is 0 Å². The third kappa shape index (κ3) is 4.31. The molecule has 3 heteroatoms. The van der Waals surface area contributed by atoms with E-state index in [1.807, 2.05) is 13.1 Å². The zero-order valence-corrected chi connectivity index (χ0v) is 11.9. The van der Waals surface area contributed by atoms with E-state index in [9.17, 15) is 0 Å². The molecule has 0 aromatic heterocycles. The number of aliphatic hydroxyl groups excluding tert-OH is 1. The number of benzene rings is 1. The minimum atomic E-state index is 0.181. The van der Waals surface area contributed by atoms with Gasteiger partial charge in [-0.25, -0.2) is 0 Å². The topological polar surface area (TPSA) is 41.5 Å². The van der Waals surface area contributed by atoms with Gasteiger partial charge in [-0.3, -0.25) is 0 Å². The predicted molar refractivity (Wildman–Crippen MR) is 75.3 cm³/mol. The first kappa shape index (κ1) is 15.0. The first-order chi connectivity index (χ1) is 8.58. The summed E-state index contributed by atoms with van der Waals surface area (Å²) in [7, 11) is 1.89. The molecule has 0 bridgehead atoms. The van der Waals surface area contributed by atoms with Crippen molar-refractivity contribution in [3.63, 3.8) is 0 Å². The van der Waals surface area contributed by atoms with Gasteiger partial charge < -0.3 is 15.2 Å². The van der Waals surface area contributed by atoms with Gasteiger partial charge in [-0.2, -0.15) is 0 Å². The van der Waals surface area contributed by atoms with E-state index >= 15 is 0 Å². The molecule has 0 saturated carbocycles. The van der Waals surface area contributed by atoms with Crippen LogP contribution in [0.5, 0.6) is 5.75 Å². The van der Waals surface area contributed by atoms with Crippen molar-refractivity contribution in [2.75, 3.05) is 20.3 Å². The fourth-order valence-corrected chi connectivity index (χ4v) is 2.05. The Morgan fingerprint density at radius 2 is 2.06 bits per heavy atom. The van der Waals surface area contributed by atoms with Crippen LogP contribution in [-0.4, -0.2) is 31.4 Å². The highest BCUT2D eigenvalue weighted by molar-refractivity contribution is 5.36. The second kappa shape index (κ2) is 7.39. The molecule has 0 aliphatic rings. The lowest BCUT2D eigenvalue weighted by molar-refractivity contribution is 0.218. The Labute approximate surface area is 110 Å². The SMILES string of the molecule is CNC(CCO)COc1ccc(C(C)C)c(C)c1. The van der Waals surface area contributed by atoms with Crippen molar-refractivity contribution in [2.45, 2.75) is 39.2 Å². The van der Waals surface area contributed by atoms with Crippen LogP contribution >= 0.6 is 0 Å². The van der Waals surface area contributed by atoms with E-state index in [2.05, 4.69) is 38.2 Å². The monoisotopic (exact) mass is 251 g/mol. The summed E-state index contributed by atoms with van der Waals surface area (Å²) >= 11 is 0. The average molecular weight is 251 g/mol.